The Morgan fingerprint density at radius 3 is 2.38 bits per heavy atom. The molecule has 0 fully saturated rings. The minimum Gasteiger partial charge on any atom is -0.508 e. The number of hydrogen-bond acceptors (Lipinski definition) is 3. The molecule has 0 heterocycles. The summed E-state index contributed by atoms with van der Waals surface area (Å²) in [6.07, 6.45) is 3.45. The van der Waals surface area contributed by atoms with Gasteiger partial charge in [-0.15, -0.1) is 0 Å². The predicted molar refractivity (Wildman–Crippen MR) is 83.2 cm³/mol. The average Bonchev–Trinajstić information content (AvgIpc) is 2.52. The quantitative estimate of drug-likeness (QED) is 0.647. The third kappa shape index (κ3) is 4.49. The summed E-state index contributed by atoms with van der Waals surface area (Å²) in [6, 6.07) is 14.2. The van der Waals surface area contributed by atoms with E-state index in [0.717, 1.165) is 18.4 Å². The van der Waals surface area contributed by atoms with Gasteiger partial charge in [0.25, 0.3) is 0 Å². The summed E-state index contributed by atoms with van der Waals surface area (Å²) in [5, 5.41) is 9.16. The van der Waals surface area contributed by atoms with Gasteiger partial charge in [-0.3, -0.25) is 0 Å². The van der Waals surface area contributed by atoms with Crippen molar-refractivity contribution < 1.29 is 14.6 Å². The number of benzene rings is 2. The lowest BCUT2D eigenvalue weighted by Gasteiger charge is -2.05. The van der Waals surface area contributed by atoms with E-state index in [2.05, 4.69) is 18.7 Å². The smallest absolute Gasteiger partial charge is 0.338 e. The Morgan fingerprint density at radius 2 is 1.76 bits per heavy atom. The Balaban J connectivity index is 1.74. The van der Waals surface area contributed by atoms with E-state index in [1.165, 1.54) is 17.7 Å². The fourth-order valence-corrected chi connectivity index (χ4v) is 1.94. The molecule has 2 rings (SSSR count). The van der Waals surface area contributed by atoms with Gasteiger partial charge in [0.15, 0.2) is 0 Å². The summed E-state index contributed by atoms with van der Waals surface area (Å²) < 4.78 is 5.20. The van der Waals surface area contributed by atoms with Crippen LogP contribution in [0.25, 0.3) is 6.08 Å². The van der Waals surface area contributed by atoms with E-state index in [1.807, 2.05) is 18.2 Å². The van der Waals surface area contributed by atoms with Gasteiger partial charge in [0.1, 0.15) is 5.75 Å². The molecule has 108 valence electrons. The van der Waals surface area contributed by atoms with Crippen molar-refractivity contribution in [3.8, 4) is 5.75 Å². The lowest BCUT2D eigenvalue weighted by Crippen LogP contribution is -2.06. The van der Waals surface area contributed by atoms with Crippen molar-refractivity contribution in [2.75, 3.05) is 6.61 Å². The van der Waals surface area contributed by atoms with E-state index < -0.39 is 0 Å². The highest BCUT2D eigenvalue weighted by Gasteiger charge is 2.06. The van der Waals surface area contributed by atoms with Gasteiger partial charge in [-0.05, 0) is 48.2 Å². The number of rotatable bonds is 6. The van der Waals surface area contributed by atoms with Crippen molar-refractivity contribution in [1.29, 1.82) is 0 Å². The summed E-state index contributed by atoms with van der Waals surface area (Å²) in [6.45, 7) is 4.09. The zero-order chi connectivity index (χ0) is 15.1. The van der Waals surface area contributed by atoms with Crippen LogP contribution in [0.2, 0.25) is 0 Å². The molecule has 2 aromatic carbocycles. The topological polar surface area (TPSA) is 46.5 Å². The number of aromatic hydroxyl groups is 1. The zero-order valence-corrected chi connectivity index (χ0v) is 11.8. The first-order valence-electron chi connectivity index (χ1n) is 6.86. The van der Waals surface area contributed by atoms with Crippen LogP contribution < -0.4 is 0 Å². The number of carbonyl (C=O) groups is 1. The maximum atomic E-state index is 11.7. The minimum absolute atomic E-state index is 0.134. The van der Waals surface area contributed by atoms with Crippen LogP contribution >= 0.6 is 0 Å². The number of phenolic OH excluding ortho intramolecular Hbond substituents is 1. The molecule has 0 saturated heterocycles. The molecule has 0 aliphatic carbocycles. The first kappa shape index (κ1) is 14.9. The number of hydrogen-bond donors (Lipinski definition) is 1. The van der Waals surface area contributed by atoms with E-state index in [4.69, 9.17) is 9.84 Å². The number of aryl methyl sites for hydroxylation is 1. The zero-order valence-electron chi connectivity index (χ0n) is 11.8. The SMILES string of the molecule is C=Cc1ccc(CCCOC(=O)c2ccc(O)cc2)cc1. The lowest BCUT2D eigenvalue weighted by atomic mass is 10.1. The maximum absolute atomic E-state index is 11.7. The molecule has 0 aliphatic heterocycles. The van der Waals surface area contributed by atoms with Gasteiger partial charge in [-0.2, -0.15) is 0 Å². The van der Waals surface area contributed by atoms with Crippen molar-refractivity contribution in [2.45, 2.75) is 12.8 Å². The van der Waals surface area contributed by atoms with Crippen molar-refractivity contribution in [3.05, 3.63) is 71.8 Å². The first-order valence-corrected chi connectivity index (χ1v) is 6.86. The van der Waals surface area contributed by atoms with Crippen molar-refractivity contribution in [1.82, 2.24) is 0 Å². The second-order valence-electron chi connectivity index (χ2n) is 4.73. The summed E-state index contributed by atoms with van der Waals surface area (Å²) in [4.78, 5) is 11.7. The molecule has 0 aliphatic rings. The standard InChI is InChI=1S/C18H18O3/c1-2-14-5-7-15(8-6-14)4-3-13-21-18(20)16-9-11-17(19)12-10-16/h2,5-12,19H,1,3-4,13H2. The first-order chi connectivity index (χ1) is 10.2. The highest BCUT2D eigenvalue weighted by atomic mass is 16.5. The molecule has 1 N–H and O–H groups in total. The fraction of sp³-hybridized carbons (Fsp3) is 0.167. The van der Waals surface area contributed by atoms with Gasteiger partial charge >= 0.3 is 5.97 Å². The van der Waals surface area contributed by atoms with E-state index in [9.17, 15) is 4.79 Å². The summed E-state index contributed by atoms with van der Waals surface area (Å²) in [5.74, 6) is -0.230. The fourth-order valence-electron chi connectivity index (χ4n) is 1.94. The molecule has 21 heavy (non-hydrogen) atoms. The van der Waals surface area contributed by atoms with Crippen molar-refractivity contribution in [3.63, 3.8) is 0 Å². The van der Waals surface area contributed by atoms with Crippen molar-refractivity contribution in [2.24, 2.45) is 0 Å². The minimum atomic E-state index is -0.364. The summed E-state index contributed by atoms with van der Waals surface area (Å²) in [7, 11) is 0. The van der Waals surface area contributed by atoms with E-state index in [-0.39, 0.29) is 11.7 Å². The molecule has 0 saturated carbocycles. The van der Waals surface area contributed by atoms with E-state index >= 15 is 0 Å². The molecule has 0 unspecified atom stereocenters. The highest BCUT2D eigenvalue weighted by molar-refractivity contribution is 5.89. The van der Waals surface area contributed by atoms with Crippen LogP contribution in [0, 0.1) is 0 Å². The lowest BCUT2D eigenvalue weighted by molar-refractivity contribution is 0.0500. The second-order valence-corrected chi connectivity index (χ2v) is 4.73. The van der Waals surface area contributed by atoms with Crippen molar-refractivity contribution >= 4 is 12.0 Å². The van der Waals surface area contributed by atoms with Crippen LogP contribution in [0.15, 0.2) is 55.1 Å². The number of carbonyl (C=O) groups excluding carboxylic acids is 1. The normalized spacial score (nSPS) is 10.1. The van der Waals surface area contributed by atoms with Crippen LogP contribution in [0.5, 0.6) is 5.75 Å². The number of ether oxygens (including phenoxy) is 1. The third-order valence-corrected chi connectivity index (χ3v) is 3.16. The number of esters is 1. The molecule has 3 heteroatoms. The maximum Gasteiger partial charge on any atom is 0.338 e. The predicted octanol–water partition coefficient (Wildman–Crippen LogP) is 3.82. The van der Waals surface area contributed by atoms with Gasteiger partial charge in [0.05, 0.1) is 12.2 Å². The van der Waals surface area contributed by atoms with E-state index in [0.29, 0.717) is 12.2 Å². The Labute approximate surface area is 124 Å². The molecule has 0 atom stereocenters. The van der Waals surface area contributed by atoms with Gasteiger partial charge in [-0.1, -0.05) is 36.9 Å². The third-order valence-electron chi connectivity index (χ3n) is 3.16. The van der Waals surface area contributed by atoms with Gasteiger partial charge in [-0.25, -0.2) is 4.79 Å². The molecule has 3 nitrogen and oxygen atoms in total. The Hall–Kier alpha value is -2.55. The van der Waals surface area contributed by atoms with Gasteiger partial charge in [0.2, 0.25) is 0 Å². The largest absolute Gasteiger partial charge is 0.508 e. The molecule has 0 radical (unpaired) electrons. The Bertz CT molecular complexity index is 597. The van der Waals surface area contributed by atoms with E-state index in [1.54, 1.807) is 12.1 Å². The molecule has 2 aromatic rings. The average molecular weight is 282 g/mol. The van der Waals surface area contributed by atoms with Crippen LogP contribution in [0.4, 0.5) is 0 Å². The summed E-state index contributed by atoms with van der Waals surface area (Å²) >= 11 is 0. The molecule has 0 amide bonds. The highest BCUT2D eigenvalue weighted by Crippen LogP contribution is 2.11. The molecular formula is C18H18O3. The van der Waals surface area contributed by atoms with Crippen LogP contribution in [0.1, 0.15) is 27.9 Å². The van der Waals surface area contributed by atoms with Crippen LogP contribution in [-0.4, -0.2) is 17.7 Å². The molecule has 0 aromatic heterocycles. The molecule has 0 bridgehead atoms. The Morgan fingerprint density at radius 1 is 1.10 bits per heavy atom. The van der Waals surface area contributed by atoms with Gasteiger partial charge < -0.3 is 9.84 Å². The molecule has 0 spiro atoms. The van der Waals surface area contributed by atoms with Crippen LogP contribution in [0.3, 0.4) is 0 Å². The summed E-state index contributed by atoms with van der Waals surface area (Å²) in [5.41, 5.74) is 2.75. The second kappa shape index (κ2) is 7.29. The Kier molecular flexibility index (Phi) is 5.16. The molecular weight excluding hydrogens is 264 g/mol. The van der Waals surface area contributed by atoms with Gasteiger partial charge in [0, 0.05) is 0 Å². The monoisotopic (exact) mass is 282 g/mol. The van der Waals surface area contributed by atoms with Crippen LogP contribution in [-0.2, 0) is 11.2 Å². The number of phenols is 1.